The third-order valence-electron chi connectivity index (χ3n) is 3.10. The molecule has 4 heteroatoms. The van der Waals surface area contributed by atoms with E-state index in [1.807, 2.05) is 26.0 Å². The second kappa shape index (κ2) is 5.75. The van der Waals surface area contributed by atoms with Crippen LogP contribution >= 0.6 is 15.9 Å². The lowest BCUT2D eigenvalue weighted by Gasteiger charge is -2.12. The zero-order chi connectivity index (χ0) is 14.9. The van der Waals surface area contributed by atoms with Crippen LogP contribution < -0.4 is 5.32 Å². The van der Waals surface area contributed by atoms with Gasteiger partial charge in [0, 0.05) is 10.0 Å². The average Bonchev–Trinajstić information content (AvgIpc) is 2.36. The molecule has 0 bridgehead atoms. The van der Waals surface area contributed by atoms with E-state index in [2.05, 4.69) is 21.2 Å². The molecule has 0 fully saturated rings. The van der Waals surface area contributed by atoms with Gasteiger partial charge in [0.1, 0.15) is 5.82 Å². The Morgan fingerprint density at radius 1 is 1.10 bits per heavy atom. The fourth-order valence-corrected chi connectivity index (χ4v) is 2.77. The van der Waals surface area contributed by atoms with Gasteiger partial charge in [-0.2, -0.15) is 0 Å². The van der Waals surface area contributed by atoms with Crippen LogP contribution in [0.15, 0.2) is 34.8 Å². The molecule has 104 valence electrons. The number of halogens is 2. The molecule has 1 amide bonds. The molecule has 0 unspecified atom stereocenters. The number of carbonyl (C=O) groups excluding carboxylic acids is 1. The lowest BCUT2D eigenvalue weighted by molar-refractivity contribution is 0.102. The van der Waals surface area contributed by atoms with Crippen LogP contribution in [0.4, 0.5) is 10.1 Å². The number of aryl methyl sites for hydroxylation is 3. The first-order valence-electron chi connectivity index (χ1n) is 6.22. The van der Waals surface area contributed by atoms with Crippen molar-refractivity contribution in [2.24, 2.45) is 0 Å². The van der Waals surface area contributed by atoms with Gasteiger partial charge < -0.3 is 5.32 Å². The Morgan fingerprint density at radius 2 is 1.80 bits per heavy atom. The number of anilines is 1. The largest absolute Gasteiger partial charge is 0.321 e. The van der Waals surface area contributed by atoms with Gasteiger partial charge in [0.15, 0.2) is 0 Å². The predicted octanol–water partition coefficient (Wildman–Crippen LogP) is 4.77. The minimum Gasteiger partial charge on any atom is -0.321 e. The van der Waals surface area contributed by atoms with E-state index in [9.17, 15) is 9.18 Å². The molecule has 2 rings (SSSR count). The summed E-state index contributed by atoms with van der Waals surface area (Å²) in [6.07, 6.45) is 0. The van der Waals surface area contributed by atoms with Crippen LogP contribution in [0.3, 0.4) is 0 Å². The molecule has 1 N–H and O–H groups in total. The Kier molecular flexibility index (Phi) is 4.23. The van der Waals surface area contributed by atoms with E-state index in [4.69, 9.17) is 0 Å². The van der Waals surface area contributed by atoms with E-state index in [0.29, 0.717) is 16.8 Å². The number of carbonyl (C=O) groups is 1. The smallest absolute Gasteiger partial charge is 0.255 e. The van der Waals surface area contributed by atoms with Gasteiger partial charge in [-0.05, 0) is 71.6 Å². The second-order valence-electron chi connectivity index (χ2n) is 4.86. The Hall–Kier alpha value is -1.68. The van der Waals surface area contributed by atoms with Crippen LogP contribution in [-0.2, 0) is 0 Å². The van der Waals surface area contributed by atoms with Gasteiger partial charge in [0.2, 0.25) is 0 Å². The summed E-state index contributed by atoms with van der Waals surface area (Å²) >= 11 is 3.44. The molecule has 0 aliphatic carbocycles. The lowest BCUT2D eigenvalue weighted by Crippen LogP contribution is -2.13. The van der Waals surface area contributed by atoms with Crippen LogP contribution in [0.25, 0.3) is 0 Å². The molecule has 0 atom stereocenters. The van der Waals surface area contributed by atoms with Gasteiger partial charge in [-0.1, -0.05) is 12.1 Å². The molecule has 0 saturated carbocycles. The number of hydrogen-bond acceptors (Lipinski definition) is 1. The molecule has 0 aromatic heterocycles. The topological polar surface area (TPSA) is 29.1 Å². The minimum absolute atomic E-state index is 0.306. The van der Waals surface area contributed by atoms with E-state index in [1.165, 1.54) is 6.07 Å². The van der Waals surface area contributed by atoms with Gasteiger partial charge in [0.05, 0.1) is 5.69 Å². The third kappa shape index (κ3) is 3.07. The van der Waals surface area contributed by atoms with Crippen molar-refractivity contribution in [1.82, 2.24) is 0 Å². The molecular formula is C16H15BrFNO. The van der Waals surface area contributed by atoms with Gasteiger partial charge in [-0.25, -0.2) is 4.39 Å². The average molecular weight is 336 g/mol. The lowest BCUT2D eigenvalue weighted by atomic mass is 10.1. The highest BCUT2D eigenvalue weighted by molar-refractivity contribution is 9.10. The Morgan fingerprint density at radius 3 is 2.40 bits per heavy atom. The second-order valence-corrected chi connectivity index (χ2v) is 5.71. The van der Waals surface area contributed by atoms with Crippen molar-refractivity contribution < 1.29 is 9.18 Å². The summed E-state index contributed by atoms with van der Waals surface area (Å²) in [5.41, 5.74) is 3.60. The van der Waals surface area contributed by atoms with Gasteiger partial charge >= 0.3 is 0 Å². The number of rotatable bonds is 2. The molecule has 2 aromatic rings. The quantitative estimate of drug-likeness (QED) is 0.841. The summed E-state index contributed by atoms with van der Waals surface area (Å²) in [5.74, 6) is -0.700. The van der Waals surface area contributed by atoms with E-state index >= 15 is 0 Å². The molecule has 0 radical (unpaired) electrons. The predicted molar refractivity (Wildman–Crippen MR) is 82.7 cm³/mol. The van der Waals surface area contributed by atoms with Crippen LogP contribution in [-0.4, -0.2) is 5.91 Å². The number of benzene rings is 2. The summed E-state index contributed by atoms with van der Waals surface area (Å²) in [5, 5.41) is 2.82. The third-order valence-corrected chi connectivity index (χ3v) is 3.73. The number of amides is 1. The van der Waals surface area contributed by atoms with E-state index in [1.54, 1.807) is 19.1 Å². The Bertz CT molecular complexity index is 659. The zero-order valence-corrected chi connectivity index (χ0v) is 13.1. The van der Waals surface area contributed by atoms with Crippen molar-refractivity contribution in [2.45, 2.75) is 20.8 Å². The number of hydrogen-bond donors (Lipinski definition) is 1. The summed E-state index contributed by atoms with van der Waals surface area (Å²) in [6.45, 7) is 5.57. The van der Waals surface area contributed by atoms with Gasteiger partial charge in [-0.15, -0.1) is 0 Å². The van der Waals surface area contributed by atoms with Crippen LogP contribution in [0, 0.1) is 26.6 Å². The molecule has 2 aromatic carbocycles. The van der Waals surface area contributed by atoms with Gasteiger partial charge in [0.25, 0.3) is 5.91 Å². The van der Waals surface area contributed by atoms with Crippen molar-refractivity contribution in [1.29, 1.82) is 0 Å². The maximum Gasteiger partial charge on any atom is 0.255 e. The summed E-state index contributed by atoms with van der Waals surface area (Å²) in [4.78, 5) is 12.2. The highest BCUT2D eigenvalue weighted by atomic mass is 79.9. The fourth-order valence-electron chi connectivity index (χ4n) is 1.99. The normalized spacial score (nSPS) is 10.4. The SMILES string of the molecule is Cc1cc(C)c(NC(=O)c2ccc(C)c(F)c2)c(Br)c1. The van der Waals surface area contributed by atoms with Crippen LogP contribution in [0.2, 0.25) is 0 Å². The van der Waals surface area contributed by atoms with Crippen molar-refractivity contribution in [3.05, 3.63) is 62.9 Å². The first-order chi connectivity index (χ1) is 9.38. The highest BCUT2D eigenvalue weighted by Gasteiger charge is 2.12. The Balaban J connectivity index is 2.30. The molecular weight excluding hydrogens is 321 g/mol. The number of nitrogens with one attached hydrogen (secondary N) is 1. The van der Waals surface area contributed by atoms with Crippen molar-refractivity contribution >= 4 is 27.5 Å². The van der Waals surface area contributed by atoms with E-state index in [-0.39, 0.29) is 11.7 Å². The standard InChI is InChI=1S/C16H15BrFNO/c1-9-6-11(3)15(13(17)7-9)19-16(20)12-5-4-10(2)14(18)8-12/h4-8H,1-3H3,(H,19,20). The maximum absolute atomic E-state index is 13.5. The molecule has 0 aliphatic heterocycles. The molecule has 0 aliphatic rings. The zero-order valence-electron chi connectivity index (χ0n) is 11.6. The minimum atomic E-state index is -0.377. The van der Waals surface area contributed by atoms with E-state index in [0.717, 1.165) is 15.6 Å². The molecule has 2 nitrogen and oxygen atoms in total. The van der Waals surface area contributed by atoms with E-state index < -0.39 is 0 Å². The van der Waals surface area contributed by atoms with Crippen LogP contribution in [0.5, 0.6) is 0 Å². The molecule has 0 heterocycles. The Labute approximate surface area is 126 Å². The first kappa shape index (κ1) is 14.7. The van der Waals surface area contributed by atoms with Crippen molar-refractivity contribution in [3.8, 4) is 0 Å². The summed E-state index contributed by atoms with van der Waals surface area (Å²) < 4.78 is 14.3. The van der Waals surface area contributed by atoms with Crippen molar-refractivity contribution in [3.63, 3.8) is 0 Å². The summed E-state index contributed by atoms with van der Waals surface area (Å²) in [7, 11) is 0. The monoisotopic (exact) mass is 335 g/mol. The van der Waals surface area contributed by atoms with Gasteiger partial charge in [-0.3, -0.25) is 4.79 Å². The van der Waals surface area contributed by atoms with Crippen molar-refractivity contribution in [2.75, 3.05) is 5.32 Å². The molecule has 0 spiro atoms. The fraction of sp³-hybridized carbons (Fsp3) is 0.188. The highest BCUT2D eigenvalue weighted by Crippen LogP contribution is 2.28. The first-order valence-corrected chi connectivity index (χ1v) is 7.02. The maximum atomic E-state index is 13.5. The van der Waals surface area contributed by atoms with Crippen LogP contribution in [0.1, 0.15) is 27.0 Å². The molecule has 0 saturated heterocycles. The summed E-state index contributed by atoms with van der Waals surface area (Å²) in [6, 6.07) is 8.38. The molecule has 20 heavy (non-hydrogen) atoms.